The number of hydrogen-bond acceptors (Lipinski definition) is 1. The second-order valence-corrected chi connectivity index (χ2v) is 3.64. The van der Waals surface area contributed by atoms with Crippen LogP contribution in [0, 0.1) is 12.7 Å². The molecule has 0 aliphatic rings. The number of benzene rings is 1. The molecule has 1 atom stereocenters. The molecule has 0 saturated heterocycles. The van der Waals surface area contributed by atoms with Gasteiger partial charge in [-0.25, -0.2) is 4.39 Å². The van der Waals surface area contributed by atoms with Crippen LogP contribution >= 0.6 is 0 Å². The van der Waals surface area contributed by atoms with Crippen molar-refractivity contribution in [3.05, 3.63) is 35.3 Å². The predicted molar refractivity (Wildman–Crippen MR) is 55.6 cm³/mol. The number of hydrogen-bond donors (Lipinski definition) is 2. The Labute approximate surface area is 81.9 Å². The maximum Gasteiger partial charge on any atom is 0.123 e. The predicted octanol–water partition coefficient (Wildman–Crippen LogP) is 2.64. The number of aromatic amines is 1. The monoisotopic (exact) mass is 192 g/mol. The molecule has 2 nitrogen and oxygen atoms in total. The Bertz CT molecular complexity index is 471. The molecule has 0 amide bonds. The van der Waals surface area contributed by atoms with E-state index in [1.807, 2.05) is 13.8 Å². The average molecular weight is 192 g/mol. The van der Waals surface area contributed by atoms with Crippen LogP contribution in [0.2, 0.25) is 0 Å². The minimum Gasteiger partial charge on any atom is -0.357 e. The van der Waals surface area contributed by atoms with Crippen molar-refractivity contribution in [2.75, 3.05) is 0 Å². The Balaban J connectivity index is 2.74. The van der Waals surface area contributed by atoms with Gasteiger partial charge in [0, 0.05) is 22.6 Å². The van der Waals surface area contributed by atoms with E-state index in [0.717, 1.165) is 22.2 Å². The van der Waals surface area contributed by atoms with Gasteiger partial charge in [-0.2, -0.15) is 0 Å². The fourth-order valence-corrected chi connectivity index (χ4v) is 1.77. The summed E-state index contributed by atoms with van der Waals surface area (Å²) in [6, 6.07) is 4.67. The van der Waals surface area contributed by atoms with E-state index in [4.69, 9.17) is 5.73 Å². The Morgan fingerprint density at radius 3 is 2.79 bits per heavy atom. The molecular weight excluding hydrogens is 179 g/mol. The average Bonchev–Trinajstić information content (AvgIpc) is 2.44. The molecule has 1 heterocycles. The summed E-state index contributed by atoms with van der Waals surface area (Å²) in [5.41, 5.74) is 8.75. The van der Waals surface area contributed by atoms with E-state index in [1.165, 1.54) is 12.1 Å². The summed E-state index contributed by atoms with van der Waals surface area (Å²) in [5.74, 6) is -0.212. The molecule has 0 radical (unpaired) electrons. The zero-order valence-electron chi connectivity index (χ0n) is 8.26. The zero-order chi connectivity index (χ0) is 10.3. The molecule has 0 saturated carbocycles. The van der Waals surface area contributed by atoms with Crippen molar-refractivity contribution < 1.29 is 4.39 Å². The van der Waals surface area contributed by atoms with Gasteiger partial charge in [-0.1, -0.05) is 0 Å². The van der Waals surface area contributed by atoms with E-state index >= 15 is 0 Å². The summed E-state index contributed by atoms with van der Waals surface area (Å²) < 4.78 is 13.0. The molecule has 0 aliphatic heterocycles. The lowest BCUT2D eigenvalue weighted by Gasteiger charge is -2.02. The van der Waals surface area contributed by atoms with Crippen LogP contribution in [0.3, 0.4) is 0 Å². The topological polar surface area (TPSA) is 41.8 Å². The van der Waals surface area contributed by atoms with Crippen LogP contribution in [0.1, 0.15) is 24.2 Å². The zero-order valence-corrected chi connectivity index (χ0v) is 8.26. The Morgan fingerprint density at radius 2 is 2.14 bits per heavy atom. The van der Waals surface area contributed by atoms with Gasteiger partial charge in [0.05, 0.1) is 0 Å². The normalized spacial score (nSPS) is 13.4. The van der Waals surface area contributed by atoms with E-state index < -0.39 is 0 Å². The minimum absolute atomic E-state index is 0.0505. The van der Waals surface area contributed by atoms with Gasteiger partial charge < -0.3 is 10.7 Å². The molecule has 14 heavy (non-hydrogen) atoms. The summed E-state index contributed by atoms with van der Waals surface area (Å²) in [6.07, 6.45) is 0. The molecule has 0 bridgehead atoms. The first-order valence-electron chi connectivity index (χ1n) is 4.63. The number of rotatable bonds is 1. The number of fused-ring (bicyclic) bond motifs is 1. The lowest BCUT2D eigenvalue weighted by molar-refractivity contribution is 0.629. The Kier molecular flexibility index (Phi) is 2.04. The van der Waals surface area contributed by atoms with Crippen LogP contribution < -0.4 is 5.73 Å². The largest absolute Gasteiger partial charge is 0.357 e. The molecule has 0 spiro atoms. The first-order chi connectivity index (χ1) is 6.59. The van der Waals surface area contributed by atoms with Crippen LogP contribution in [0.5, 0.6) is 0 Å². The summed E-state index contributed by atoms with van der Waals surface area (Å²) in [6.45, 7) is 3.87. The van der Waals surface area contributed by atoms with Crippen molar-refractivity contribution in [2.45, 2.75) is 19.9 Å². The summed E-state index contributed by atoms with van der Waals surface area (Å²) in [7, 11) is 0. The summed E-state index contributed by atoms with van der Waals surface area (Å²) in [5, 5.41) is 0.914. The quantitative estimate of drug-likeness (QED) is 0.716. The maximum atomic E-state index is 13.0. The van der Waals surface area contributed by atoms with E-state index in [1.54, 1.807) is 6.07 Å². The van der Waals surface area contributed by atoms with Crippen LogP contribution in [0.4, 0.5) is 4.39 Å². The van der Waals surface area contributed by atoms with Gasteiger partial charge in [-0.3, -0.25) is 0 Å². The SMILES string of the molecule is Cc1c([C@@H](C)N)[nH]c2ccc(F)cc12. The molecule has 0 aliphatic carbocycles. The Morgan fingerprint density at radius 1 is 1.43 bits per heavy atom. The first-order valence-corrected chi connectivity index (χ1v) is 4.63. The van der Waals surface area contributed by atoms with Gasteiger partial charge in [-0.15, -0.1) is 0 Å². The molecule has 0 fully saturated rings. The number of H-pyrrole nitrogens is 1. The fourth-order valence-electron chi connectivity index (χ4n) is 1.77. The highest BCUT2D eigenvalue weighted by Gasteiger charge is 2.10. The van der Waals surface area contributed by atoms with E-state index in [2.05, 4.69) is 4.98 Å². The highest BCUT2D eigenvalue weighted by Crippen LogP contribution is 2.25. The van der Waals surface area contributed by atoms with E-state index in [-0.39, 0.29) is 11.9 Å². The van der Waals surface area contributed by atoms with Crippen LogP contribution in [-0.4, -0.2) is 4.98 Å². The van der Waals surface area contributed by atoms with Crippen molar-refractivity contribution in [1.82, 2.24) is 4.98 Å². The van der Waals surface area contributed by atoms with Gasteiger partial charge in [0.25, 0.3) is 0 Å². The Hall–Kier alpha value is -1.35. The molecule has 1 aromatic carbocycles. The minimum atomic E-state index is -0.212. The van der Waals surface area contributed by atoms with E-state index in [0.29, 0.717) is 0 Å². The number of halogens is 1. The molecule has 3 N–H and O–H groups in total. The number of nitrogens with one attached hydrogen (secondary N) is 1. The molecule has 1 aromatic heterocycles. The van der Waals surface area contributed by atoms with E-state index in [9.17, 15) is 4.39 Å². The number of nitrogens with two attached hydrogens (primary N) is 1. The standard InChI is InChI=1S/C11H13FN2/c1-6-9-5-8(12)3-4-10(9)14-11(6)7(2)13/h3-5,7,14H,13H2,1-2H3/t7-/m1/s1. The van der Waals surface area contributed by atoms with Crippen LogP contribution in [0.15, 0.2) is 18.2 Å². The second-order valence-electron chi connectivity index (χ2n) is 3.64. The third-order valence-electron chi connectivity index (χ3n) is 2.51. The summed E-state index contributed by atoms with van der Waals surface area (Å²) in [4.78, 5) is 3.20. The third-order valence-corrected chi connectivity index (χ3v) is 2.51. The highest BCUT2D eigenvalue weighted by atomic mass is 19.1. The van der Waals surface area contributed by atoms with Crippen LogP contribution in [-0.2, 0) is 0 Å². The third kappa shape index (κ3) is 1.30. The van der Waals surface area contributed by atoms with Gasteiger partial charge in [0.1, 0.15) is 5.82 Å². The van der Waals surface area contributed by atoms with Crippen molar-refractivity contribution in [1.29, 1.82) is 0 Å². The highest BCUT2D eigenvalue weighted by molar-refractivity contribution is 5.84. The molecule has 2 aromatic rings. The summed E-state index contributed by atoms with van der Waals surface area (Å²) >= 11 is 0. The molecule has 2 rings (SSSR count). The first kappa shape index (κ1) is 9.21. The molecule has 0 unspecified atom stereocenters. The van der Waals surface area contributed by atoms with Crippen molar-refractivity contribution in [2.24, 2.45) is 5.73 Å². The maximum absolute atomic E-state index is 13.0. The molecule has 74 valence electrons. The van der Waals surface area contributed by atoms with Gasteiger partial charge >= 0.3 is 0 Å². The van der Waals surface area contributed by atoms with Gasteiger partial charge in [0.15, 0.2) is 0 Å². The number of aryl methyl sites for hydroxylation is 1. The molecular formula is C11H13FN2. The second kappa shape index (κ2) is 3.10. The lowest BCUT2D eigenvalue weighted by Crippen LogP contribution is -2.06. The molecule has 3 heteroatoms. The van der Waals surface area contributed by atoms with Crippen molar-refractivity contribution in [3.8, 4) is 0 Å². The van der Waals surface area contributed by atoms with Crippen LogP contribution in [0.25, 0.3) is 10.9 Å². The smallest absolute Gasteiger partial charge is 0.123 e. The van der Waals surface area contributed by atoms with Crippen molar-refractivity contribution in [3.63, 3.8) is 0 Å². The fraction of sp³-hybridized carbons (Fsp3) is 0.273. The van der Waals surface area contributed by atoms with Gasteiger partial charge in [-0.05, 0) is 37.6 Å². The van der Waals surface area contributed by atoms with Crippen molar-refractivity contribution >= 4 is 10.9 Å². The number of aromatic nitrogens is 1. The lowest BCUT2D eigenvalue weighted by atomic mass is 10.1. The van der Waals surface area contributed by atoms with Gasteiger partial charge in [0.2, 0.25) is 0 Å².